The van der Waals surface area contributed by atoms with E-state index in [1.54, 1.807) is 0 Å². The van der Waals surface area contributed by atoms with Crippen molar-refractivity contribution in [2.75, 3.05) is 26.2 Å². The van der Waals surface area contributed by atoms with Crippen molar-refractivity contribution in [3.63, 3.8) is 0 Å². The Balaban J connectivity index is 2.29. The predicted molar refractivity (Wildman–Crippen MR) is 71.0 cm³/mol. The molecule has 3 atom stereocenters. The number of carbonyl (C=O) groups is 1. The maximum absolute atomic E-state index is 12.3. The number of nitrogens with zero attached hydrogens (tertiary/aromatic N) is 1. The minimum absolute atomic E-state index is 0.0745. The second-order valence-electron chi connectivity index (χ2n) is 5.66. The molecule has 20 heavy (non-hydrogen) atoms. The third-order valence-electron chi connectivity index (χ3n) is 3.90. The maximum Gasteiger partial charge on any atom is 0.401 e. The van der Waals surface area contributed by atoms with Gasteiger partial charge in [0.1, 0.15) is 0 Å². The fourth-order valence-corrected chi connectivity index (χ4v) is 2.35. The molecule has 0 aromatic carbocycles. The largest absolute Gasteiger partial charge is 0.401 e. The van der Waals surface area contributed by atoms with Gasteiger partial charge in [-0.3, -0.25) is 9.69 Å². The molecule has 2 unspecified atom stereocenters. The number of alkyl halides is 3. The molecule has 1 heterocycles. The number of hydrogen-bond donors (Lipinski definition) is 2. The molecule has 0 saturated carbocycles. The number of hydrogen-bond acceptors (Lipinski definition) is 3. The highest BCUT2D eigenvalue weighted by molar-refractivity contribution is 5.81. The van der Waals surface area contributed by atoms with Crippen molar-refractivity contribution in [3.8, 4) is 0 Å². The van der Waals surface area contributed by atoms with Gasteiger partial charge < -0.3 is 11.1 Å². The van der Waals surface area contributed by atoms with Gasteiger partial charge in [0.2, 0.25) is 5.91 Å². The molecule has 7 heteroatoms. The molecule has 0 radical (unpaired) electrons. The van der Waals surface area contributed by atoms with Crippen molar-refractivity contribution in [2.45, 2.75) is 38.9 Å². The van der Waals surface area contributed by atoms with Gasteiger partial charge in [0, 0.05) is 13.1 Å². The highest BCUT2D eigenvalue weighted by atomic mass is 19.4. The molecule has 0 aromatic heterocycles. The Kier molecular flexibility index (Phi) is 6.26. The summed E-state index contributed by atoms with van der Waals surface area (Å²) in [7, 11) is 0. The van der Waals surface area contributed by atoms with Gasteiger partial charge in [-0.15, -0.1) is 0 Å². The van der Waals surface area contributed by atoms with Gasteiger partial charge >= 0.3 is 6.18 Å². The van der Waals surface area contributed by atoms with Crippen LogP contribution in [0, 0.1) is 11.8 Å². The van der Waals surface area contributed by atoms with E-state index in [0.29, 0.717) is 26.1 Å². The molecule has 0 aromatic rings. The zero-order valence-corrected chi connectivity index (χ0v) is 12.0. The monoisotopic (exact) mass is 295 g/mol. The Labute approximate surface area is 117 Å². The van der Waals surface area contributed by atoms with Gasteiger partial charge in [-0.2, -0.15) is 13.2 Å². The third-order valence-corrected chi connectivity index (χ3v) is 3.90. The van der Waals surface area contributed by atoms with Crippen LogP contribution in [0.25, 0.3) is 0 Å². The van der Waals surface area contributed by atoms with E-state index in [-0.39, 0.29) is 17.7 Å². The van der Waals surface area contributed by atoms with Gasteiger partial charge in [-0.1, -0.05) is 20.3 Å². The van der Waals surface area contributed by atoms with Gasteiger partial charge in [0.25, 0.3) is 0 Å². The Morgan fingerprint density at radius 2 is 2.15 bits per heavy atom. The average molecular weight is 295 g/mol. The highest BCUT2D eigenvalue weighted by Crippen LogP contribution is 2.22. The van der Waals surface area contributed by atoms with Crippen molar-refractivity contribution in [3.05, 3.63) is 0 Å². The molecule has 0 spiro atoms. The van der Waals surface area contributed by atoms with Crippen LogP contribution in [0.5, 0.6) is 0 Å². The summed E-state index contributed by atoms with van der Waals surface area (Å²) in [6.07, 6.45) is -2.66. The quantitative estimate of drug-likeness (QED) is 0.778. The summed E-state index contributed by atoms with van der Waals surface area (Å²) in [5.74, 6) is -0.0423. The van der Waals surface area contributed by atoms with Crippen LogP contribution in [0.2, 0.25) is 0 Å². The van der Waals surface area contributed by atoms with E-state index in [4.69, 9.17) is 5.73 Å². The lowest BCUT2D eigenvalue weighted by molar-refractivity contribution is -0.143. The number of halogens is 3. The summed E-state index contributed by atoms with van der Waals surface area (Å²) < 4.78 is 36.8. The van der Waals surface area contributed by atoms with Gasteiger partial charge in [0.15, 0.2) is 0 Å². The van der Waals surface area contributed by atoms with E-state index in [9.17, 15) is 18.0 Å². The molecular weight excluding hydrogens is 271 g/mol. The molecular formula is C13H24F3N3O. The van der Waals surface area contributed by atoms with E-state index in [2.05, 4.69) is 5.32 Å². The summed E-state index contributed by atoms with van der Waals surface area (Å²) in [4.78, 5) is 13.2. The van der Waals surface area contributed by atoms with Crippen LogP contribution in [0.1, 0.15) is 26.7 Å². The molecule has 1 fully saturated rings. The summed E-state index contributed by atoms with van der Waals surface area (Å²) in [6, 6.07) is -0.548. The van der Waals surface area contributed by atoms with Gasteiger partial charge in [0.05, 0.1) is 12.6 Å². The minimum atomic E-state index is -4.16. The van der Waals surface area contributed by atoms with Crippen molar-refractivity contribution in [2.24, 2.45) is 17.6 Å². The van der Waals surface area contributed by atoms with Crippen LogP contribution in [-0.4, -0.2) is 49.2 Å². The number of rotatable bonds is 6. The van der Waals surface area contributed by atoms with E-state index in [1.807, 2.05) is 13.8 Å². The van der Waals surface area contributed by atoms with Gasteiger partial charge in [-0.05, 0) is 24.8 Å². The highest BCUT2D eigenvalue weighted by Gasteiger charge is 2.34. The van der Waals surface area contributed by atoms with Crippen LogP contribution in [0.3, 0.4) is 0 Å². The molecule has 1 aliphatic heterocycles. The minimum Gasteiger partial charge on any atom is -0.354 e. The fraction of sp³-hybridized carbons (Fsp3) is 0.923. The summed E-state index contributed by atoms with van der Waals surface area (Å²) in [5, 5.41) is 2.75. The number of likely N-dealkylation sites (tertiary alicyclic amines) is 1. The first-order valence-corrected chi connectivity index (χ1v) is 7.05. The van der Waals surface area contributed by atoms with Crippen LogP contribution in [0.4, 0.5) is 13.2 Å². The van der Waals surface area contributed by atoms with Crippen molar-refractivity contribution in [1.82, 2.24) is 10.2 Å². The molecule has 1 saturated heterocycles. The smallest absolute Gasteiger partial charge is 0.354 e. The molecule has 1 amide bonds. The number of nitrogens with one attached hydrogen (secondary N) is 1. The molecule has 4 nitrogen and oxygen atoms in total. The summed E-state index contributed by atoms with van der Waals surface area (Å²) in [6.45, 7) is 4.20. The zero-order chi connectivity index (χ0) is 15.3. The third kappa shape index (κ3) is 5.66. The molecule has 0 aliphatic carbocycles. The second kappa shape index (κ2) is 7.26. The maximum atomic E-state index is 12.3. The lowest BCUT2D eigenvalue weighted by atomic mass is 9.99. The molecule has 118 valence electrons. The summed E-state index contributed by atoms with van der Waals surface area (Å²) >= 11 is 0. The Hall–Kier alpha value is -0.820. The lowest BCUT2D eigenvalue weighted by Crippen LogP contribution is -2.46. The number of amides is 1. The fourth-order valence-electron chi connectivity index (χ4n) is 2.35. The standard InChI is InChI=1S/C13H24F3N3O/c1-3-9(2)11(17)12(20)18-6-10-4-5-19(7-10)8-13(14,15)16/h9-11H,3-8,17H2,1-2H3,(H,18,20)/t9?,10?,11-/m0/s1. The van der Waals surface area contributed by atoms with Crippen molar-refractivity contribution < 1.29 is 18.0 Å². The Bertz CT molecular complexity index is 322. The first-order valence-electron chi connectivity index (χ1n) is 7.05. The zero-order valence-electron chi connectivity index (χ0n) is 12.0. The first-order chi connectivity index (χ1) is 9.23. The Morgan fingerprint density at radius 1 is 1.50 bits per heavy atom. The summed E-state index contributed by atoms with van der Waals surface area (Å²) in [5.41, 5.74) is 5.80. The Morgan fingerprint density at radius 3 is 2.70 bits per heavy atom. The van der Waals surface area contributed by atoms with E-state index < -0.39 is 18.8 Å². The van der Waals surface area contributed by atoms with E-state index >= 15 is 0 Å². The molecule has 3 N–H and O–H groups in total. The second-order valence-corrected chi connectivity index (χ2v) is 5.66. The SMILES string of the molecule is CCC(C)[C@H](N)C(=O)NCC1CCN(CC(F)(F)F)C1. The topological polar surface area (TPSA) is 58.4 Å². The van der Waals surface area contributed by atoms with Crippen LogP contribution in [0.15, 0.2) is 0 Å². The number of carbonyl (C=O) groups excluding carboxylic acids is 1. The average Bonchev–Trinajstić information content (AvgIpc) is 2.79. The van der Waals surface area contributed by atoms with Crippen LogP contribution >= 0.6 is 0 Å². The normalized spacial score (nSPS) is 23.6. The van der Waals surface area contributed by atoms with Crippen LogP contribution in [-0.2, 0) is 4.79 Å². The molecule has 1 aliphatic rings. The van der Waals surface area contributed by atoms with Crippen molar-refractivity contribution in [1.29, 1.82) is 0 Å². The first kappa shape index (κ1) is 17.2. The van der Waals surface area contributed by atoms with E-state index in [1.165, 1.54) is 4.90 Å². The van der Waals surface area contributed by atoms with Gasteiger partial charge in [-0.25, -0.2) is 0 Å². The van der Waals surface area contributed by atoms with E-state index in [0.717, 1.165) is 6.42 Å². The molecule has 0 bridgehead atoms. The number of nitrogens with two attached hydrogens (primary N) is 1. The lowest BCUT2D eigenvalue weighted by Gasteiger charge is -2.20. The predicted octanol–water partition coefficient (Wildman–Crippen LogP) is 1.36. The van der Waals surface area contributed by atoms with Crippen molar-refractivity contribution >= 4 is 5.91 Å². The van der Waals surface area contributed by atoms with Crippen LogP contribution < -0.4 is 11.1 Å². The molecule has 1 rings (SSSR count).